The van der Waals surface area contributed by atoms with Gasteiger partial charge in [0, 0.05) is 43.9 Å². The standard InChI is InChI=1S/C20H22N6O3S/c1-14(2)26-13-19(10-24-26)30(28,29)18-4-3-17(22-9-18)8-23-20(27)25-11-15-5-6-21-7-16(15)12-25/h3-7,9-10,13-14H,8,11-12H2,1-2H3,(H,23,27). The van der Waals surface area contributed by atoms with Crippen LogP contribution in [0.5, 0.6) is 0 Å². The van der Waals surface area contributed by atoms with Crippen molar-refractivity contribution in [1.82, 2.24) is 30.0 Å². The zero-order valence-corrected chi connectivity index (χ0v) is 17.5. The van der Waals surface area contributed by atoms with Crippen LogP contribution in [0.25, 0.3) is 0 Å². The van der Waals surface area contributed by atoms with Crippen LogP contribution in [-0.2, 0) is 29.5 Å². The van der Waals surface area contributed by atoms with Gasteiger partial charge in [0.25, 0.3) is 0 Å². The first-order valence-corrected chi connectivity index (χ1v) is 11.0. The highest BCUT2D eigenvalue weighted by molar-refractivity contribution is 7.91. The number of pyridine rings is 2. The second kappa shape index (κ2) is 7.86. The first-order chi connectivity index (χ1) is 14.3. The lowest BCUT2D eigenvalue weighted by Crippen LogP contribution is -2.36. The lowest BCUT2D eigenvalue weighted by atomic mass is 10.2. The molecule has 10 heteroatoms. The fourth-order valence-electron chi connectivity index (χ4n) is 3.19. The molecule has 9 nitrogen and oxygen atoms in total. The van der Waals surface area contributed by atoms with Crippen molar-refractivity contribution in [3.8, 4) is 0 Å². The lowest BCUT2D eigenvalue weighted by molar-refractivity contribution is 0.198. The van der Waals surface area contributed by atoms with Crippen LogP contribution in [0.15, 0.2) is 59.0 Å². The van der Waals surface area contributed by atoms with Crippen LogP contribution in [0.4, 0.5) is 4.79 Å². The number of sulfone groups is 1. The topological polar surface area (TPSA) is 110 Å². The number of aromatic nitrogens is 4. The van der Waals surface area contributed by atoms with Crippen LogP contribution >= 0.6 is 0 Å². The Morgan fingerprint density at radius 1 is 1.10 bits per heavy atom. The summed E-state index contributed by atoms with van der Waals surface area (Å²) >= 11 is 0. The lowest BCUT2D eigenvalue weighted by Gasteiger charge is -2.16. The Kier molecular flexibility index (Phi) is 5.25. The highest BCUT2D eigenvalue weighted by atomic mass is 32.2. The van der Waals surface area contributed by atoms with Gasteiger partial charge in [0.2, 0.25) is 9.84 Å². The number of amides is 2. The largest absolute Gasteiger partial charge is 0.332 e. The first kappa shape index (κ1) is 20.0. The predicted octanol–water partition coefficient (Wildman–Crippen LogP) is 2.31. The van der Waals surface area contributed by atoms with Crippen LogP contribution in [-0.4, -0.2) is 39.1 Å². The van der Waals surface area contributed by atoms with E-state index in [-0.39, 0.29) is 28.4 Å². The summed E-state index contributed by atoms with van der Waals surface area (Å²) < 4.78 is 27.1. The van der Waals surface area contributed by atoms with Crippen molar-refractivity contribution in [2.45, 2.75) is 49.3 Å². The number of hydrogen-bond acceptors (Lipinski definition) is 6. The van der Waals surface area contributed by atoms with Gasteiger partial charge in [-0.3, -0.25) is 14.6 Å². The van der Waals surface area contributed by atoms with Crippen molar-refractivity contribution < 1.29 is 13.2 Å². The van der Waals surface area contributed by atoms with E-state index >= 15 is 0 Å². The summed E-state index contributed by atoms with van der Waals surface area (Å²) in [7, 11) is -3.69. The van der Waals surface area contributed by atoms with E-state index in [0.29, 0.717) is 18.8 Å². The van der Waals surface area contributed by atoms with Gasteiger partial charge in [0.15, 0.2) is 0 Å². The maximum absolute atomic E-state index is 12.8. The molecule has 4 heterocycles. The highest BCUT2D eigenvalue weighted by Crippen LogP contribution is 2.22. The summed E-state index contributed by atoms with van der Waals surface area (Å²) in [6, 6.07) is 4.87. The maximum Gasteiger partial charge on any atom is 0.318 e. The van der Waals surface area contributed by atoms with Crippen molar-refractivity contribution in [3.05, 3.63) is 66.0 Å². The van der Waals surface area contributed by atoms with Crippen molar-refractivity contribution in [2.24, 2.45) is 0 Å². The Morgan fingerprint density at radius 2 is 1.90 bits per heavy atom. The second-order valence-corrected chi connectivity index (χ2v) is 9.35. The fourth-order valence-corrected chi connectivity index (χ4v) is 4.34. The summed E-state index contributed by atoms with van der Waals surface area (Å²) in [5.74, 6) is 0. The molecule has 0 aromatic carbocycles. The number of nitrogens with one attached hydrogen (secondary N) is 1. The number of hydrogen-bond donors (Lipinski definition) is 1. The fraction of sp³-hybridized carbons (Fsp3) is 0.300. The monoisotopic (exact) mass is 426 g/mol. The van der Waals surface area contributed by atoms with Crippen LogP contribution in [0.3, 0.4) is 0 Å². The van der Waals surface area contributed by atoms with Crippen LogP contribution in [0.2, 0.25) is 0 Å². The van der Waals surface area contributed by atoms with E-state index in [1.807, 2.05) is 19.9 Å². The molecule has 4 rings (SSSR count). The molecule has 0 spiro atoms. The molecular formula is C20H22N6O3S. The number of nitrogens with zero attached hydrogens (tertiary/aromatic N) is 5. The van der Waals surface area contributed by atoms with Crippen LogP contribution < -0.4 is 5.32 Å². The third-order valence-electron chi connectivity index (χ3n) is 4.96. The van der Waals surface area contributed by atoms with E-state index in [4.69, 9.17) is 0 Å². The Morgan fingerprint density at radius 3 is 2.57 bits per heavy atom. The molecule has 2 amide bonds. The Labute approximate surface area is 174 Å². The van der Waals surface area contributed by atoms with E-state index in [1.165, 1.54) is 24.7 Å². The van der Waals surface area contributed by atoms with Gasteiger partial charge in [0.05, 0.1) is 23.3 Å². The molecule has 1 aliphatic rings. The molecule has 0 atom stereocenters. The van der Waals surface area contributed by atoms with Gasteiger partial charge in [-0.2, -0.15) is 5.10 Å². The molecule has 0 fully saturated rings. The van der Waals surface area contributed by atoms with Crippen LogP contribution in [0, 0.1) is 0 Å². The molecule has 0 saturated heterocycles. The Bertz CT molecular complexity index is 1150. The molecule has 30 heavy (non-hydrogen) atoms. The molecule has 3 aromatic rings. The normalized spacial score (nSPS) is 13.5. The number of carbonyl (C=O) groups excluding carboxylic acids is 1. The zero-order chi connectivity index (χ0) is 21.3. The molecule has 1 aliphatic heterocycles. The van der Waals surface area contributed by atoms with E-state index < -0.39 is 9.84 Å². The smallest absolute Gasteiger partial charge is 0.318 e. The minimum Gasteiger partial charge on any atom is -0.332 e. The molecule has 3 aromatic heterocycles. The van der Waals surface area contributed by atoms with Gasteiger partial charge in [-0.25, -0.2) is 13.2 Å². The Hall–Kier alpha value is -3.27. The Balaban J connectivity index is 1.38. The molecule has 0 aliphatic carbocycles. The maximum atomic E-state index is 12.8. The minimum atomic E-state index is -3.69. The second-order valence-electron chi connectivity index (χ2n) is 7.40. The molecule has 0 radical (unpaired) electrons. The molecule has 1 N–H and O–H groups in total. The molecule has 0 bridgehead atoms. The van der Waals surface area contributed by atoms with Crippen molar-refractivity contribution in [1.29, 1.82) is 0 Å². The van der Waals surface area contributed by atoms with Gasteiger partial charge in [-0.05, 0) is 43.2 Å². The van der Waals surface area contributed by atoms with E-state index in [2.05, 4.69) is 20.4 Å². The SMILES string of the molecule is CC(C)n1cc(S(=O)(=O)c2ccc(CNC(=O)N3Cc4ccncc4C3)nc2)cn1. The van der Waals surface area contributed by atoms with E-state index in [0.717, 1.165) is 11.1 Å². The summed E-state index contributed by atoms with van der Waals surface area (Å²) in [6.07, 6.45) is 7.65. The number of carbonyl (C=O) groups is 1. The molecule has 0 saturated carbocycles. The summed E-state index contributed by atoms with van der Waals surface area (Å²) in [5.41, 5.74) is 2.70. The minimum absolute atomic E-state index is 0.0673. The molecule has 156 valence electrons. The summed E-state index contributed by atoms with van der Waals surface area (Å²) in [5, 5.41) is 6.91. The molecular weight excluding hydrogens is 404 g/mol. The van der Waals surface area contributed by atoms with E-state index in [1.54, 1.807) is 28.0 Å². The van der Waals surface area contributed by atoms with Gasteiger partial charge >= 0.3 is 6.03 Å². The zero-order valence-electron chi connectivity index (χ0n) is 16.7. The third kappa shape index (κ3) is 3.90. The van der Waals surface area contributed by atoms with Gasteiger partial charge in [-0.1, -0.05) is 0 Å². The number of rotatable bonds is 5. The van der Waals surface area contributed by atoms with E-state index in [9.17, 15) is 13.2 Å². The van der Waals surface area contributed by atoms with Gasteiger partial charge < -0.3 is 10.2 Å². The van der Waals surface area contributed by atoms with Gasteiger partial charge in [0.1, 0.15) is 4.90 Å². The average molecular weight is 427 g/mol. The molecule has 0 unspecified atom stereocenters. The number of urea groups is 1. The summed E-state index contributed by atoms with van der Waals surface area (Å²) in [6.45, 7) is 5.11. The summed E-state index contributed by atoms with van der Waals surface area (Å²) in [4.78, 5) is 22.6. The first-order valence-electron chi connectivity index (χ1n) is 9.53. The van der Waals surface area contributed by atoms with Crippen molar-refractivity contribution >= 4 is 15.9 Å². The van der Waals surface area contributed by atoms with Crippen LogP contribution in [0.1, 0.15) is 36.7 Å². The third-order valence-corrected chi connectivity index (χ3v) is 6.65. The number of fused-ring (bicyclic) bond motifs is 1. The quantitative estimate of drug-likeness (QED) is 0.670. The predicted molar refractivity (Wildman–Crippen MR) is 108 cm³/mol. The average Bonchev–Trinajstić information content (AvgIpc) is 3.40. The van der Waals surface area contributed by atoms with Crippen molar-refractivity contribution in [2.75, 3.05) is 0 Å². The highest BCUT2D eigenvalue weighted by Gasteiger charge is 2.23. The van der Waals surface area contributed by atoms with Crippen molar-refractivity contribution in [3.63, 3.8) is 0 Å². The van der Waals surface area contributed by atoms with Gasteiger partial charge in [-0.15, -0.1) is 0 Å².